The molecule has 0 atom stereocenters. The van der Waals surface area contributed by atoms with Crippen molar-refractivity contribution < 1.29 is 9.53 Å². The van der Waals surface area contributed by atoms with Crippen LogP contribution < -0.4 is 10.1 Å². The monoisotopic (exact) mass is 361 g/mol. The van der Waals surface area contributed by atoms with Gasteiger partial charge in [-0.3, -0.25) is 9.48 Å². The van der Waals surface area contributed by atoms with Crippen LogP contribution in [0.15, 0.2) is 67.0 Å². The maximum atomic E-state index is 12.8. The molecule has 1 heterocycles. The molecule has 1 fully saturated rings. The summed E-state index contributed by atoms with van der Waals surface area (Å²) in [7, 11) is 0. The number of hydrogen-bond donors (Lipinski definition) is 1. The Morgan fingerprint density at radius 2 is 1.85 bits per heavy atom. The van der Waals surface area contributed by atoms with Crippen molar-refractivity contribution in [2.24, 2.45) is 0 Å². The standard InChI is InChI=1S/C22H23N3O2/c26-22(21-9-4-1-6-17(21)16-25-15-5-14-23-25)24-18-10-12-20(13-11-18)27-19-7-2-3-8-19/h1,4-6,9-15,19H,2-3,7-8,16H2,(H,24,26). The van der Waals surface area contributed by atoms with Crippen molar-refractivity contribution >= 4 is 11.6 Å². The molecule has 0 spiro atoms. The highest BCUT2D eigenvalue weighted by molar-refractivity contribution is 6.05. The molecule has 2 aromatic carbocycles. The molecule has 0 radical (unpaired) electrons. The Morgan fingerprint density at radius 1 is 1.07 bits per heavy atom. The van der Waals surface area contributed by atoms with Crippen molar-refractivity contribution in [3.8, 4) is 5.75 Å². The Kier molecular flexibility index (Phi) is 5.19. The molecule has 1 aliphatic rings. The fourth-order valence-corrected chi connectivity index (χ4v) is 3.46. The van der Waals surface area contributed by atoms with E-state index in [2.05, 4.69) is 10.4 Å². The molecule has 138 valence electrons. The van der Waals surface area contributed by atoms with Gasteiger partial charge in [0.15, 0.2) is 0 Å². The average Bonchev–Trinajstić information content (AvgIpc) is 3.38. The first kappa shape index (κ1) is 17.3. The van der Waals surface area contributed by atoms with E-state index in [0.29, 0.717) is 18.2 Å². The molecule has 1 amide bonds. The highest BCUT2D eigenvalue weighted by Gasteiger charge is 2.16. The first-order chi connectivity index (χ1) is 13.3. The van der Waals surface area contributed by atoms with Crippen LogP contribution in [0.25, 0.3) is 0 Å². The van der Waals surface area contributed by atoms with E-state index < -0.39 is 0 Å². The highest BCUT2D eigenvalue weighted by Crippen LogP contribution is 2.25. The van der Waals surface area contributed by atoms with E-state index in [9.17, 15) is 4.79 Å². The van der Waals surface area contributed by atoms with Crippen LogP contribution >= 0.6 is 0 Å². The number of rotatable bonds is 6. The molecular weight excluding hydrogens is 338 g/mol. The van der Waals surface area contributed by atoms with E-state index in [1.54, 1.807) is 10.9 Å². The van der Waals surface area contributed by atoms with Gasteiger partial charge in [0.25, 0.3) is 5.91 Å². The minimum Gasteiger partial charge on any atom is -0.490 e. The lowest BCUT2D eigenvalue weighted by molar-refractivity contribution is 0.102. The number of ether oxygens (including phenoxy) is 1. The van der Waals surface area contributed by atoms with Gasteiger partial charge in [0, 0.05) is 23.6 Å². The van der Waals surface area contributed by atoms with E-state index in [4.69, 9.17) is 4.74 Å². The van der Waals surface area contributed by atoms with Gasteiger partial charge >= 0.3 is 0 Å². The van der Waals surface area contributed by atoms with Gasteiger partial charge in [-0.25, -0.2) is 0 Å². The van der Waals surface area contributed by atoms with Crippen molar-refractivity contribution in [3.63, 3.8) is 0 Å². The molecule has 5 nitrogen and oxygen atoms in total. The van der Waals surface area contributed by atoms with Crippen LogP contribution in [0.3, 0.4) is 0 Å². The normalized spacial score (nSPS) is 14.2. The van der Waals surface area contributed by atoms with E-state index in [-0.39, 0.29) is 5.91 Å². The molecule has 0 unspecified atom stereocenters. The van der Waals surface area contributed by atoms with Crippen LogP contribution in [0.4, 0.5) is 5.69 Å². The van der Waals surface area contributed by atoms with Gasteiger partial charge < -0.3 is 10.1 Å². The Balaban J connectivity index is 1.43. The van der Waals surface area contributed by atoms with Gasteiger partial charge in [-0.2, -0.15) is 5.10 Å². The Bertz CT molecular complexity index is 882. The van der Waals surface area contributed by atoms with Crippen molar-refractivity contribution in [2.45, 2.75) is 38.3 Å². The predicted octanol–water partition coefficient (Wildman–Crippen LogP) is 4.51. The Morgan fingerprint density at radius 3 is 2.59 bits per heavy atom. The maximum absolute atomic E-state index is 12.8. The fourth-order valence-electron chi connectivity index (χ4n) is 3.46. The number of benzene rings is 2. The molecule has 0 bridgehead atoms. The summed E-state index contributed by atoms with van der Waals surface area (Å²) in [5.74, 6) is 0.737. The Hall–Kier alpha value is -3.08. The second-order valence-electron chi connectivity index (χ2n) is 6.86. The molecular formula is C22H23N3O2. The third kappa shape index (κ3) is 4.37. The smallest absolute Gasteiger partial charge is 0.256 e. The summed E-state index contributed by atoms with van der Waals surface area (Å²) in [6, 6.07) is 17.1. The molecule has 0 aliphatic heterocycles. The third-order valence-electron chi connectivity index (χ3n) is 4.87. The first-order valence-corrected chi connectivity index (χ1v) is 9.41. The maximum Gasteiger partial charge on any atom is 0.256 e. The van der Waals surface area contributed by atoms with Crippen LogP contribution in [0, 0.1) is 0 Å². The first-order valence-electron chi connectivity index (χ1n) is 9.41. The van der Waals surface area contributed by atoms with Crippen molar-refractivity contribution in [3.05, 3.63) is 78.1 Å². The largest absolute Gasteiger partial charge is 0.490 e. The second kappa shape index (κ2) is 8.08. The highest BCUT2D eigenvalue weighted by atomic mass is 16.5. The molecule has 4 rings (SSSR count). The molecule has 1 N–H and O–H groups in total. The number of amides is 1. The topological polar surface area (TPSA) is 56.1 Å². The number of aromatic nitrogens is 2. The van der Waals surface area contributed by atoms with Crippen LogP contribution in [-0.2, 0) is 6.54 Å². The van der Waals surface area contributed by atoms with Gasteiger partial charge in [0.05, 0.1) is 12.6 Å². The molecule has 1 aromatic heterocycles. The average molecular weight is 361 g/mol. The number of carbonyl (C=O) groups excluding carboxylic acids is 1. The van der Waals surface area contributed by atoms with Gasteiger partial charge in [-0.15, -0.1) is 0 Å². The second-order valence-corrected chi connectivity index (χ2v) is 6.86. The zero-order valence-corrected chi connectivity index (χ0v) is 15.2. The number of anilines is 1. The minimum absolute atomic E-state index is 0.123. The lowest BCUT2D eigenvalue weighted by atomic mass is 10.1. The lowest BCUT2D eigenvalue weighted by Crippen LogP contribution is -2.16. The van der Waals surface area contributed by atoms with Crippen molar-refractivity contribution in [1.29, 1.82) is 0 Å². The SMILES string of the molecule is O=C(Nc1ccc(OC2CCCC2)cc1)c1ccccc1Cn1cccn1. The summed E-state index contributed by atoms with van der Waals surface area (Å²) in [4.78, 5) is 12.8. The molecule has 0 saturated heterocycles. The third-order valence-corrected chi connectivity index (χ3v) is 4.87. The summed E-state index contributed by atoms with van der Waals surface area (Å²) in [6.45, 7) is 0.560. The van der Waals surface area contributed by atoms with Crippen LogP contribution in [0.2, 0.25) is 0 Å². The molecule has 5 heteroatoms. The van der Waals surface area contributed by atoms with E-state index in [1.807, 2.05) is 60.8 Å². The van der Waals surface area contributed by atoms with Gasteiger partial charge in [0.2, 0.25) is 0 Å². The summed E-state index contributed by atoms with van der Waals surface area (Å²) in [5.41, 5.74) is 2.34. The zero-order chi connectivity index (χ0) is 18.5. The summed E-state index contributed by atoms with van der Waals surface area (Å²) in [5, 5.41) is 7.19. The summed E-state index contributed by atoms with van der Waals surface area (Å²) >= 11 is 0. The number of nitrogens with zero attached hydrogens (tertiary/aromatic N) is 2. The van der Waals surface area contributed by atoms with Crippen LogP contribution in [0.5, 0.6) is 5.75 Å². The Labute approximate surface area is 159 Å². The lowest BCUT2D eigenvalue weighted by Gasteiger charge is -2.14. The summed E-state index contributed by atoms with van der Waals surface area (Å²) < 4.78 is 7.78. The number of carbonyl (C=O) groups is 1. The molecule has 1 saturated carbocycles. The molecule has 1 aliphatic carbocycles. The minimum atomic E-state index is -0.123. The predicted molar refractivity (Wildman–Crippen MR) is 105 cm³/mol. The van der Waals surface area contributed by atoms with Crippen LogP contribution in [-0.4, -0.2) is 21.8 Å². The van der Waals surface area contributed by atoms with Gasteiger partial charge in [-0.05, 0) is 67.6 Å². The zero-order valence-electron chi connectivity index (χ0n) is 15.2. The van der Waals surface area contributed by atoms with E-state index >= 15 is 0 Å². The van der Waals surface area contributed by atoms with Crippen molar-refractivity contribution in [2.75, 3.05) is 5.32 Å². The van der Waals surface area contributed by atoms with Crippen LogP contribution in [0.1, 0.15) is 41.6 Å². The van der Waals surface area contributed by atoms with Gasteiger partial charge in [0.1, 0.15) is 5.75 Å². The molecule has 27 heavy (non-hydrogen) atoms. The number of hydrogen-bond acceptors (Lipinski definition) is 3. The summed E-state index contributed by atoms with van der Waals surface area (Å²) in [6.07, 6.45) is 8.71. The number of nitrogens with one attached hydrogen (secondary N) is 1. The van der Waals surface area contributed by atoms with E-state index in [1.165, 1.54) is 12.8 Å². The van der Waals surface area contributed by atoms with Crippen molar-refractivity contribution in [1.82, 2.24) is 9.78 Å². The van der Waals surface area contributed by atoms with Gasteiger partial charge in [-0.1, -0.05) is 18.2 Å². The quantitative estimate of drug-likeness (QED) is 0.703. The molecule has 3 aromatic rings. The fraction of sp³-hybridized carbons (Fsp3) is 0.273. The van der Waals surface area contributed by atoms with E-state index in [0.717, 1.165) is 29.8 Å².